The number of amides is 1. The van der Waals surface area contributed by atoms with E-state index in [1.165, 1.54) is 23.3 Å². The van der Waals surface area contributed by atoms with Gasteiger partial charge in [0.25, 0.3) is 0 Å². The minimum atomic E-state index is -0.356. The van der Waals surface area contributed by atoms with Gasteiger partial charge in [0.05, 0.1) is 6.54 Å². The Morgan fingerprint density at radius 1 is 1.19 bits per heavy atom. The molecule has 0 aliphatic heterocycles. The first-order chi connectivity index (χ1) is 10.2. The van der Waals surface area contributed by atoms with Crippen molar-refractivity contribution in [3.63, 3.8) is 0 Å². The Kier molecular flexibility index (Phi) is 3.97. The van der Waals surface area contributed by atoms with Gasteiger partial charge in [-0.3, -0.25) is 4.79 Å². The summed E-state index contributed by atoms with van der Waals surface area (Å²) in [5.41, 5.74) is 3.10. The van der Waals surface area contributed by atoms with Crippen molar-refractivity contribution in [3.8, 4) is 0 Å². The lowest BCUT2D eigenvalue weighted by atomic mass is 10.1. The second-order valence-electron chi connectivity index (χ2n) is 5.23. The maximum absolute atomic E-state index is 13.0. The molecule has 3 nitrogen and oxygen atoms in total. The van der Waals surface area contributed by atoms with Crippen LogP contribution in [-0.4, -0.2) is 12.5 Å². The van der Waals surface area contributed by atoms with Crippen LogP contribution in [0.1, 0.15) is 23.6 Å². The molecule has 0 saturated carbocycles. The van der Waals surface area contributed by atoms with E-state index in [1.807, 2.05) is 12.1 Å². The highest BCUT2D eigenvalue weighted by molar-refractivity contribution is 5.92. The first-order valence-electron chi connectivity index (χ1n) is 7.09. The second-order valence-corrected chi connectivity index (χ2v) is 5.23. The molecule has 0 spiro atoms. The van der Waals surface area contributed by atoms with E-state index in [4.69, 9.17) is 0 Å². The van der Waals surface area contributed by atoms with Crippen LogP contribution in [0.15, 0.2) is 48.5 Å². The highest BCUT2D eigenvalue weighted by Gasteiger charge is 2.21. The molecule has 2 aromatic rings. The predicted molar refractivity (Wildman–Crippen MR) is 80.5 cm³/mol. The van der Waals surface area contributed by atoms with Crippen molar-refractivity contribution in [2.24, 2.45) is 0 Å². The number of fused-ring (bicyclic) bond motifs is 1. The molecule has 1 unspecified atom stereocenters. The van der Waals surface area contributed by atoms with Crippen molar-refractivity contribution in [2.45, 2.75) is 18.9 Å². The summed E-state index contributed by atoms with van der Waals surface area (Å²) >= 11 is 0. The van der Waals surface area contributed by atoms with E-state index in [0.29, 0.717) is 5.69 Å². The van der Waals surface area contributed by atoms with Crippen LogP contribution >= 0.6 is 0 Å². The zero-order valence-corrected chi connectivity index (χ0v) is 11.6. The number of rotatable bonds is 4. The summed E-state index contributed by atoms with van der Waals surface area (Å²) in [5, 5.41) is 5.96. The fourth-order valence-electron chi connectivity index (χ4n) is 2.76. The van der Waals surface area contributed by atoms with E-state index < -0.39 is 0 Å². The van der Waals surface area contributed by atoms with E-state index in [1.54, 1.807) is 12.1 Å². The molecular formula is C17H17FN2O. The summed E-state index contributed by atoms with van der Waals surface area (Å²) in [6, 6.07) is 14.4. The number of anilines is 1. The normalized spacial score (nSPS) is 16.5. The van der Waals surface area contributed by atoms with Crippen molar-refractivity contribution in [3.05, 3.63) is 65.5 Å². The summed E-state index contributed by atoms with van der Waals surface area (Å²) in [4.78, 5) is 11.9. The van der Waals surface area contributed by atoms with E-state index in [-0.39, 0.29) is 24.3 Å². The van der Waals surface area contributed by atoms with Gasteiger partial charge < -0.3 is 10.6 Å². The molecule has 1 amide bonds. The Balaban J connectivity index is 1.55. The molecule has 0 radical (unpaired) electrons. The van der Waals surface area contributed by atoms with Crippen LogP contribution in [-0.2, 0) is 11.2 Å². The Labute approximate surface area is 123 Å². The third-order valence-electron chi connectivity index (χ3n) is 3.75. The number of aryl methyl sites for hydroxylation is 1. The number of carbonyl (C=O) groups is 1. The zero-order chi connectivity index (χ0) is 14.7. The second kappa shape index (κ2) is 6.06. The first-order valence-corrected chi connectivity index (χ1v) is 7.09. The molecular weight excluding hydrogens is 267 g/mol. The molecule has 3 rings (SSSR count). The van der Waals surface area contributed by atoms with Crippen molar-refractivity contribution >= 4 is 11.6 Å². The highest BCUT2D eigenvalue weighted by atomic mass is 19.1. The van der Waals surface area contributed by atoms with E-state index in [2.05, 4.69) is 22.8 Å². The summed E-state index contributed by atoms with van der Waals surface area (Å²) in [6.07, 6.45) is 2.05. The van der Waals surface area contributed by atoms with Crippen LogP contribution in [0.3, 0.4) is 0 Å². The fourth-order valence-corrected chi connectivity index (χ4v) is 2.76. The van der Waals surface area contributed by atoms with Gasteiger partial charge in [-0.15, -0.1) is 0 Å². The number of hydrogen-bond donors (Lipinski definition) is 2. The molecule has 0 heterocycles. The largest absolute Gasteiger partial charge is 0.325 e. The topological polar surface area (TPSA) is 41.1 Å². The van der Waals surface area contributed by atoms with Crippen LogP contribution in [0.2, 0.25) is 0 Å². The lowest BCUT2D eigenvalue weighted by molar-refractivity contribution is -0.115. The van der Waals surface area contributed by atoms with Gasteiger partial charge in [-0.25, -0.2) is 4.39 Å². The van der Waals surface area contributed by atoms with E-state index in [0.717, 1.165) is 12.8 Å². The molecule has 1 atom stereocenters. The van der Waals surface area contributed by atoms with Gasteiger partial charge >= 0.3 is 0 Å². The van der Waals surface area contributed by atoms with Gasteiger partial charge in [0.15, 0.2) is 0 Å². The molecule has 2 aromatic carbocycles. The van der Waals surface area contributed by atoms with Gasteiger partial charge in [0.2, 0.25) is 5.91 Å². The zero-order valence-electron chi connectivity index (χ0n) is 11.6. The van der Waals surface area contributed by atoms with Gasteiger partial charge in [0, 0.05) is 11.7 Å². The highest BCUT2D eigenvalue weighted by Crippen LogP contribution is 2.30. The molecule has 21 heavy (non-hydrogen) atoms. The molecule has 0 saturated heterocycles. The molecule has 0 aromatic heterocycles. The minimum absolute atomic E-state index is 0.162. The number of hydrogen-bond acceptors (Lipinski definition) is 2. The van der Waals surface area contributed by atoms with E-state index >= 15 is 0 Å². The Hall–Kier alpha value is -2.20. The average Bonchev–Trinajstić information content (AvgIpc) is 2.88. The standard InChI is InChI=1S/C17H17FN2O/c18-13-5-3-6-14(10-13)20-17(21)11-19-16-9-8-12-4-1-2-7-15(12)16/h1-7,10,16,19H,8-9,11H2,(H,20,21). The maximum atomic E-state index is 13.0. The minimum Gasteiger partial charge on any atom is -0.325 e. The van der Waals surface area contributed by atoms with Gasteiger partial charge in [0.1, 0.15) is 5.82 Å². The van der Waals surface area contributed by atoms with Crippen LogP contribution in [0, 0.1) is 5.82 Å². The third-order valence-corrected chi connectivity index (χ3v) is 3.75. The fraction of sp³-hybridized carbons (Fsp3) is 0.235. The van der Waals surface area contributed by atoms with Crippen molar-refractivity contribution in [2.75, 3.05) is 11.9 Å². The average molecular weight is 284 g/mol. The van der Waals surface area contributed by atoms with Crippen molar-refractivity contribution in [1.82, 2.24) is 5.32 Å². The maximum Gasteiger partial charge on any atom is 0.238 e. The SMILES string of the molecule is O=C(CNC1CCc2ccccc21)Nc1cccc(F)c1. The number of benzene rings is 2. The molecule has 1 aliphatic rings. The third kappa shape index (κ3) is 3.28. The number of halogens is 1. The smallest absolute Gasteiger partial charge is 0.238 e. The van der Waals surface area contributed by atoms with Crippen LogP contribution in [0.5, 0.6) is 0 Å². The van der Waals surface area contributed by atoms with Gasteiger partial charge in [-0.05, 0) is 42.2 Å². The summed E-state index contributed by atoms with van der Waals surface area (Å²) in [5.74, 6) is -0.518. The number of carbonyl (C=O) groups excluding carboxylic acids is 1. The monoisotopic (exact) mass is 284 g/mol. The Bertz CT molecular complexity index is 657. The summed E-state index contributed by atoms with van der Waals surface area (Å²) < 4.78 is 13.0. The lowest BCUT2D eigenvalue weighted by Gasteiger charge is -2.14. The molecule has 0 bridgehead atoms. The molecule has 2 N–H and O–H groups in total. The molecule has 0 fully saturated rings. The van der Waals surface area contributed by atoms with Gasteiger partial charge in [-0.2, -0.15) is 0 Å². The summed E-state index contributed by atoms with van der Waals surface area (Å²) in [7, 11) is 0. The Morgan fingerprint density at radius 2 is 2.05 bits per heavy atom. The lowest BCUT2D eigenvalue weighted by Crippen LogP contribution is -2.30. The quantitative estimate of drug-likeness (QED) is 0.906. The Morgan fingerprint density at radius 3 is 2.90 bits per heavy atom. The molecule has 4 heteroatoms. The summed E-state index contributed by atoms with van der Waals surface area (Å²) in [6.45, 7) is 0.218. The van der Waals surface area contributed by atoms with Crippen molar-refractivity contribution in [1.29, 1.82) is 0 Å². The molecule has 108 valence electrons. The first kappa shape index (κ1) is 13.8. The van der Waals surface area contributed by atoms with E-state index in [9.17, 15) is 9.18 Å². The van der Waals surface area contributed by atoms with Crippen LogP contribution in [0.4, 0.5) is 10.1 Å². The predicted octanol–water partition coefficient (Wildman–Crippen LogP) is 3.04. The molecule has 1 aliphatic carbocycles. The van der Waals surface area contributed by atoms with Crippen LogP contribution < -0.4 is 10.6 Å². The van der Waals surface area contributed by atoms with Crippen LogP contribution in [0.25, 0.3) is 0 Å². The van der Waals surface area contributed by atoms with Gasteiger partial charge in [-0.1, -0.05) is 30.3 Å². The van der Waals surface area contributed by atoms with Crippen molar-refractivity contribution < 1.29 is 9.18 Å². The number of nitrogens with one attached hydrogen (secondary N) is 2.